The Labute approximate surface area is 173 Å². The van der Waals surface area contributed by atoms with Gasteiger partial charge >= 0.3 is 0 Å². The van der Waals surface area contributed by atoms with Gasteiger partial charge in [0.2, 0.25) is 0 Å². The van der Waals surface area contributed by atoms with Gasteiger partial charge in [0.1, 0.15) is 0 Å². The number of carbonyl (C=O) groups excluding carboxylic acids is 1. The van der Waals surface area contributed by atoms with Gasteiger partial charge in [0, 0.05) is 35.8 Å². The number of benzene rings is 2. The summed E-state index contributed by atoms with van der Waals surface area (Å²) in [4.78, 5) is 19.6. The monoisotopic (exact) mass is 387 g/mol. The summed E-state index contributed by atoms with van der Waals surface area (Å²) in [7, 11) is 0. The molecule has 0 unspecified atom stereocenters. The molecule has 2 aromatic carbocycles. The highest BCUT2D eigenvalue weighted by Crippen LogP contribution is 2.15. The van der Waals surface area contributed by atoms with Crippen LogP contribution in [0.5, 0.6) is 0 Å². The smallest absolute Gasteiger partial charge is 0.251 e. The number of nitrogens with zero attached hydrogens (tertiary/aromatic N) is 2. The van der Waals surface area contributed by atoms with E-state index in [1.807, 2.05) is 36.4 Å². The molecule has 0 atom stereocenters. The Morgan fingerprint density at radius 2 is 1.69 bits per heavy atom. The van der Waals surface area contributed by atoms with Crippen LogP contribution in [0.3, 0.4) is 0 Å². The van der Waals surface area contributed by atoms with Gasteiger partial charge in [0.25, 0.3) is 5.91 Å². The van der Waals surface area contributed by atoms with Gasteiger partial charge in [-0.2, -0.15) is 0 Å². The van der Waals surface area contributed by atoms with Crippen molar-refractivity contribution in [3.63, 3.8) is 0 Å². The first-order valence-corrected chi connectivity index (χ1v) is 10.7. The average molecular weight is 388 g/mol. The largest absolute Gasteiger partial charge is 0.349 e. The topological polar surface area (TPSA) is 45.2 Å². The molecule has 0 aliphatic carbocycles. The number of nitrogens with one attached hydrogen (secondary N) is 1. The van der Waals surface area contributed by atoms with Gasteiger partial charge in [-0.05, 0) is 62.9 Å². The van der Waals surface area contributed by atoms with Crippen LogP contribution in [0.2, 0.25) is 0 Å². The van der Waals surface area contributed by atoms with Crippen molar-refractivity contribution in [3.8, 4) is 0 Å². The van der Waals surface area contributed by atoms with Crippen molar-refractivity contribution in [2.24, 2.45) is 0 Å². The molecule has 1 aromatic heterocycles. The third-order valence-corrected chi connectivity index (χ3v) is 5.77. The number of rotatable bonds is 7. The van der Waals surface area contributed by atoms with Crippen molar-refractivity contribution in [3.05, 3.63) is 78.0 Å². The fourth-order valence-electron chi connectivity index (χ4n) is 4.05. The lowest BCUT2D eigenvalue weighted by molar-refractivity contribution is 0.0910. The fraction of sp³-hybridized carbons (Fsp3) is 0.360. The second kappa shape index (κ2) is 9.66. The van der Waals surface area contributed by atoms with Crippen LogP contribution >= 0.6 is 0 Å². The molecule has 0 bridgehead atoms. The van der Waals surface area contributed by atoms with E-state index in [2.05, 4.69) is 40.5 Å². The number of aromatic nitrogens is 1. The third-order valence-electron chi connectivity index (χ3n) is 5.77. The second-order valence-electron chi connectivity index (χ2n) is 7.91. The van der Waals surface area contributed by atoms with Crippen LogP contribution in [0, 0.1) is 0 Å². The SMILES string of the molecule is O=C(NC1CCN(CCCCc2ccc3ccccc3n2)CC1)c1ccccc1. The average Bonchev–Trinajstić information content (AvgIpc) is 2.78. The Hall–Kier alpha value is -2.72. The molecule has 4 heteroatoms. The summed E-state index contributed by atoms with van der Waals surface area (Å²) >= 11 is 0. The minimum absolute atomic E-state index is 0.0481. The lowest BCUT2D eigenvalue weighted by Gasteiger charge is -2.32. The van der Waals surface area contributed by atoms with Gasteiger partial charge in [-0.1, -0.05) is 42.5 Å². The first-order chi connectivity index (χ1) is 14.3. The molecule has 3 aromatic rings. The van der Waals surface area contributed by atoms with E-state index >= 15 is 0 Å². The number of pyridine rings is 1. The van der Waals surface area contributed by atoms with Crippen molar-refractivity contribution >= 4 is 16.8 Å². The van der Waals surface area contributed by atoms with E-state index in [4.69, 9.17) is 4.98 Å². The molecule has 0 spiro atoms. The highest BCUT2D eigenvalue weighted by atomic mass is 16.1. The highest BCUT2D eigenvalue weighted by molar-refractivity contribution is 5.94. The zero-order chi connectivity index (χ0) is 19.9. The van der Waals surface area contributed by atoms with Gasteiger partial charge < -0.3 is 10.2 Å². The Bertz CT molecular complexity index is 933. The fourth-order valence-corrected chi connectivity index (χ4v) is 4.05. The predicted molar refractivity (Wildman–Crippen MR) is 118 cm³/mol. The zero-order valence-electron chi connectivity index (χ0n) is 16.9. The standard InChI is InChI=1S/C25H29N3O/c29-25(21-9-2-1-3-10-21)27-23-15-18-28(19-16-23)17-7-6-11-22-14-13-20-8-4-5-12-24(20)26-22/h1-5,8-10,12-14,23H,6-7,11,15-19H2,(H,27,29). The number of aryl methyl sites for hydroxylation is 1. The molecule has 1 aliphatic rings. The van der Waals surface area contributed by atoms with Gasteiger partial charge in [-0.15, -0.1) is 0 Å². The predicted octanol–water partition coefficient (Wildman–Crippen LogP) is 4.45. The molecule has 1 fully saturated rings. The Morgan fingerprint density at radius 3 is 2.52 bits per heavy atom. The molecule has 0 radical (unpaired) electrons. The molecule has 1 N–H and O–H groups in total. The van der Waals surface area contributed by atoms with E-state index in [0.717, 1.165) is 56.4 Å². The molecule has 1 amide bonds. The summed E-state index contributed by atoms with van der Waals surface area (Å²) in [5.74, 6) is 0.0481. The minimum atomic E-state index is 0.0481. The van der Waals surface area contributed by atoms with Crippen LogP contribution in [0.4, 0.5) is 0 Å². The van der Waals surface area contributed by atoms with Crippen molar-refractivity contribution in [2.45, 2.75) is 38.1 Å². The van der Waals surface area contributed by atoms with E-state index in [1.54, 1.807) is 0 Å². The van der Waals surface area contributed by atoms with Crippen LogP contribution < -0.4 is 5.32 Å². The molecular formula is C25H29N3O. The van der Waals surface area contributed by atoms with Crippen LogP contribution in [-0.4, -0.2) is 41.5 Å². The number of carbonyl (C=O) groups is 1. The molecule has 1 saturated heterocycles. The lowest BCUT2D eigenvalue weighted by Crippen LogP contribution is -2.44. The Balaban J connectivity index is 1.15. The molecule has 4 rings (SSSR count). The molecule has 2 heterocycles. The van der Waals surface area contributed by atoms with Gasteiger partial charge in [0.05, 0.1) is 5.52 Å². The van der Waals surface area contributed by atoms with E-state index in [0.29, 0.717) is 6.04 Å². The summed E-state index contributed by atoms with van der Waals surface area (Å²) in [5.41, 5.74) is 3.02. The van der Waals surface area contributed by atoms with Gasteiger partial charge in [-0.25, -0.2) is 0 Å². The van der Waals surface area contributed by atoms with Crippen molar-refractivity contribution in [1.29, 1.82) is 0 Å². The molecule has 1 aliphatic heterocycles. The maximum Gasteiger partial charge on any atom is 0.251 e. The Kier molecular flexibility index (Phi) is 6.52. The maximum atomic E-state index is 12.3. The number of para-hydroxylation sites is 1. The minimum Gasteiger partial charge on any atom is -0.349 e. The summed E-state index contributed by atoms with van der Waals surface area (Å²) in [6.07, 6.45) is 5.45. The third kappa shape index (κ3) is 5.42. The van der Waals surface area contributed by atoms with E-state index < -0.39 is 0 Å². The maximum absolute atomic E-state index is 12.3. The molecule has 29 heavy (non-hydrogen) atoms. The van der Waals surface area contributed by atoms with E-state index in [1.165, 1.54) is 17.5 Å². The summed E-state index contributed by atoms with van der Waals surface area (Å²) in [6, 6.07) is 22.4. The molecule has 4 nitrogen and oxygen atoms in total. The second-order valence-corrected chi connectivity index (χ2v) is 7.91. The van der Waals surface area contributed by atoms with E-state index in [9.17, 15) is 4.79 Å². The number of fused-ring (bicyclic) bond motifs is 1. The van der Waals surface area contributed by atoms with Crippen molar-refractivity contribution in [1.82, 2.24) is 15.2 Å². The quantitative estimate of drug-likeness (QED) is 0.609. The van der Waals surface area contributed by atoms with Crippen LogP contribution in [0.1, 0.15) is 41.7 Å². The number of hydrogen-bond acceptors (Lipinski definition) is 3. The zero-order valence-corrected chi connectivity index (χ0v) is 16.9. The van der Waals surface area contributed by atoms with Crippen LogP contribution in [0.25, 0.3) is 10.9 Å². The van der Waals surface area contributed by atoms with Crippen LogP contribution in [-0.2, 0) is 6.42 Å². The number of unbranched alkanes of at least 4 members (excludes halogenated alkanes) is 1. The molecule has 0 saturated carbocycles. The first kappa shape index (κ1) is 19.6. The summed E-state index contributed by atoms with van der Waals surface area (Å²) < 4.78 is 0. The number of hydrogen-bond donors (Lipinski definition) is 1. The first-order valence-electron chi connectivity index (χ1n) is 10.7. The molecule has 150 valence electrons. The van der Waals surface area contributed by atoms with Crippen LogP contribution in [0.15, 0.2) is 66.7 Å². The van der Waals surface area contributed by atoms with E-state index in [-0.39, 0.29) is 5.91 Å². The summed E-state index contributed by atoms with van der Waals surface area (Å²) in [5, 5.41) is 4.39. The number of piperidine rings is 1. The molecular weight excluding hydrogens is 358 g/mol. The number of likely N-dealkylation sites (tertiary alicyclic amines) is 1. The normalized spacial score (nSPS) is 15.4. The lowest BCUT2D eigenvalue weighted by atomic mass is 10.0. The van der Waals surface area contributed by atoms with Crippen molar-refractivity contribution < 1.29 is 4.79 Å². The number of amides is 1. The van der Waals surface area contributed by atoms with Gasteiger partial charge in [-0.3, -0.25) is 9.78 Å². The van der Waals surface area contributed by atoms with Gasteiger partial charge in [0.15, 0.2) is 0 Å². The highest BCUT2D eigenvalue weighted by Gasteiger charge is 2.20. The van der Waals surface area contributed by atoms with Crippen molar-refractivity contribution in [2.75, 3.05) is 19.6 Å². The summed E-state index contributed by atoms with van der Waals surface area (Å²) in [6.45, 7) is 3.26. The Morgan fingerprint density at radius 1 is 0.931 bits per heavy atom.